The number of hydrogen-bond acceptors (Lipinski definition) is 4. The maximum Gasteiger partial charge on any atom is 0.324 e. The second-order valence-corrected chi connectivity index (χ2v) is 1.30. The minimum absolute atomic E-state index is 1.88. The molecule has 0 unspecified atom stereocenters. The Balaban J connectivity index is 0. The van der Waals surface area contributed by atoms with Gasteiger partial charge in [-0.05, 0) is 14.1 Å². The minimum Gasteiger partial charge on any atom is -0.328 e. The van der Waals surface area contributed by atoms with E-state index >= 15 is 0 Å². The van der Waals surface area contributed by atoms with Crippen LogP contribution in [0.1, 0.15) is 0 Å². The average Bonchev–Trinajstić information content (AvgIpc) is 1.33. The molecule has 0 atom stereocenters. The third-order valence-corrected chi connectivity index (χ3v) is 0. The van der Waals surface area contributed by atoms with Crippen LogP contribution in [0.15, 0.2) is 0 Å². The van der Waals surface area contributed by atoms with Crippen molar-refractivity contribution in [2.75, 3.05) is 14.1 Å². The Bertz CT molecular complexity index is 24.1. The Kier molecular flexibility index (Phi) is 14.0. The van der Waals surface area contributed by atoms with Gasteiger partial charge < -0.3 is 20.0 Å². The fourth-order valence-electron chi connectivity index (χ4n) is 0. The molecule has 5 heteroatoms. The molecular weight excluding hydrogens is 117 g/mol. The summed E-state index contributed by atoms with van der Waals surface area (Å²) in [6.45, 7) is 0. The van der Waals surface area contributed by atoms with Crippen LogP contribution in [0.3, 0.4) is 0 Å². The zero-order chi connectivity index (χ0) is 6.28. The first-order valence-corrected chi connectivity index (χ1v) is 2.80. The third kappa shape index (κ3) is 1570. The van der Waals surface area contributed by atoms with Crippen LogP contribution < -0.4 is 5.32 Å². The van der Waals surface area contributed by atoms with E-state index < -0.39 is 8.60 Å². The number of rotatable bonds is 0. The molecule has 0 aliphatic rings. The molecule has 0 aromatic carbocycles. The third-order valence-electron chi connectivity index (χ3n) is 0. The van der Waals surface area contributed by atoms with E-state index in [9.17, 15) is 0 Å². The second-order valence-electron chi connectivity index (χ2n) is 0.768. The monoisotopic (exact) mass is 127 g/mol. The lowest BCUT2D eigenvalue weighted by molar-refractivity contribution is 0.368. The molecule has 0 saturated heterocycles. The molecule has 0 aliphatic heterocycles. The van der Waals surface area contributed by atoms with Crippen LogP contribution in [0, 0.1) is 0 Å². The zero-order valence-corrected chi connectivity index (χ0v) is 5.18. The number of hydrogen-bond donors (Lipinski definition) is 4. The van der Waals surface area contributed by atoms with Crippen molar-refractivity contribution >= 4 is 8.60 Å². The summed E-state index contributed by atoms with van der Waals surface area (Å²) in [6.07, 6.45) is 0. The largest absolute Gasteiger partial charge is 0.328 e. The van der Waals surface area contributed by atoms with Crippen molar-refractivity contribution in [1.82, 2.24) is 5.32 Å². The first-order valence-electron chi connectivity index (χ1n) is 1.60. The summed E-state index contributed by atoms with van der Waals surface area (Å²) < 4.78 is 0. The van der Waals surface area contributed by atoms with Crippen LogP contribution in [-0.4, -0.2) is 28.8 Å². The summed E-state index contributed by atoms with van der Waals surface area (Å²) >= 11 is 0. The molecule has 0 radical (unpaired) electrons. The topological polar surface area (TPSA) is 72.7 Å². The highest BCUT2D eigenvalue weighted by molar-refractivity contribution is 7.38. The summed E-state index contributed by atoms with van der Waals surface area (Å²) in [5.41, 5.74) is 0. The minimum atomic E-state index is -2.62. The molecule has 4 N–H and O–H groups in total. The van der Waals surface area contributed by atoms with Crippen molar-refractivity contribution in [2.24, 2.45) is 0 Å². The lowest BCUT2D eigenvalue weighted by Gasteiger charge is -1.76. The van der Waals surface area contributed by atoms with Crippen LogP contribution in [0.5, 0.6) is 0 Å². The van der Waals surface area contributed by atoms with Gasteiger partial charge in [0, 0.05) is 0 Å². The molecule has 0 aromatic heterocycles. The second kappa shape index (κ2) is 9.55. The van der Waals surface area contributed by atoms with Gasteiger partial charge in [-0.15, -0.1) is 0 Å². The van der Waals surface area contributed by atoms with E-state index in [4.69, 9.17) is 14.7 Å². The van der Waals surface area contributed by atoms with Crippen molar-refractivity contribution < 1.29 is 14.7 Å². The molecule has 0 bridgehead atoms. The van der Waals surface area contributed by atoms with Gasteiger partial charge in [0.15, 0.2) is 0 Å². The first kappa shape index (κ1) is 10.3. The Hall–Kier alpha value is 0.270. The normalized spacial score (nSPS) is 7.71. The van der Waals surface area contributed by atoms with Gasteiger partial charge in [0.1, 0.15) is 0 Å². The van der Waals surface area contributed by atoms with Gasteiger partial charge in [-0.1, -0.05) is 0 Å². The molecule has 0 aliphatic carbocycles. The van der Waals surface area contributed by atoms with E-state index in [0.717, 1.165) is 0 Å². The Morgan fingerprint density at radius 3 is 1.14 bits per heavy atom. The molecule has 0 spiro atoms. The van der Waals surface area contributed by atoms with E-state index in [2.05, 4.69) is 5.32 Å². The lowest BCUT2D eigenvalue weighted by Crippen LogP contribution is -1.89. The van der Waals surface area contributed by atoms with Gasteiger partial charge in [0.2, 0.25) is 0 Å². The molecule has 0 heterocycles. The quantitative estimate of drug-likeness (QED) is 0.316. The standard InChI is InChI=1S/C2H7N.H3O3P/c1-3-2;1-4(2)3/h3H,1-2H3;1-3H. The van der Waals surface area contributed by atoms with Crippen molar-refractivity contribution in [3.05, 3.63) is 0 Å². The molecule has 0 aromatic rings. The zero-order valence-electron chi connectivity index (χ0n) is 4.29. The van der Waals surface area contributed by atoms with E-state index in [1.165, 1.54) is 0 Å². The molecule has 0 fully saturated rings. The smallest absolute Gasteiger partial charge is 0.324 e. The lowest BCUT2D eigenvalue weighted by atomic mass is 11.3. The van der Waals surface area contributed by atoms with E-state index in [-0.39, 0.29) is 0 Å². The molecule has 7 heavy (non-hydrogen) atoms. The molecule has 0 saturated carbocycles. The highest BCUT2D eigenvalue weighted by atomic mass is 31.2. The van der Waals surface area contributed by atoms with Gasteiger partial charge in [0.05, 0.1) is 0 Å². The molecule has 46 valence electrons. The summed E-state index contributed by atoms with van der Waals surface area (Å²) in [5, 5.41) is 2.75. The maximum absolute atomic E-state index is 7.23. The molecular formula is C2H10NO3P. The predicted octanol–water partition coefficient (Wildman–Crippen LogP) is -0.974. The summed E-state index contributed by atoms with van der Waals surface area (Å²) in [6, 6.07) is 0. The van der Waals surface area contributed by atoms with Crippen LogP contribution in [0.2, 0.25) is 0 Å². The highest BCUT2D eigenvalue weighted by Crippen LogP contribution is 2.11. The molecule has 0 rings (SSSR count). The van der Waals surface area contributed by atoms with Crippen molar-refractivity contribution in [3.8, 4) is 0 Å². The van der Waals surface area contributed by atoms with Crippen LogP contribution in [0.25, 0.3) is 0 Å². The summed E-state index contributed by atoms with van der Waals surface area (Å²) in [7, 11) is 1.13. The van der Waals surface area contributed by atoms with E-state index in [1.54, 1.807) is 0 Å². The van der Waals surface area contributed by atoms with Crippen molar-refractivity contribution in [2.45, 2.75) is 0 Å². The van der Waals surface area contributed by atoms with Crippen LogP contribution in [-0.2, 0) is 0 Å². The Morgan fingerprint density at radius 1 is 1.14 bits per heavy atom. The predicted molar refractivity (Wildman–Crippen MR) is 28.6 cm³/mol. The van der Waals surface area contributed by atoms with E-state index in [0.29, 0.717) is 0 Å². The highest BCUT2D eigenvalue weighted by Gasteiger charge is 1.76. The van der Waals surface area contributed by atoms with Gasteiger partial charge >= 0.3 is 8.60 Å². The molecule has 4 nitrogen and oxygen atoms in total. The van der Waals surface area contributed by atoms with Gasteiger partial charge in [-0.2, -0.15) is 0 Å². The Morgan fingerprint density at radius 2 is 1.14 bits per heavy atom. The first-order chi connectivity index (χ1) is 3.15. The fourth-order valence-corrected chi connectivity index (χ4v) is 0. The van der Waals surface area contributed by atoms with Crippen LogP contribution in [0.4, 0.5) is 0 Å². The summed E-state index contributed by atoms with van der Waals surface area (Å²) in [4.78, 5) is 21.7. The summed E-state index contributed by atoms with van der Waals surface area (Å²) in [5.74, 6) is 0. The van der Waals surface area contributed by atoms with Gasteiger partial charge in [-0.3, -0.25) is 0 Å². The average molecular weight is 127 g/mol. The van der Waals surface area contributed by atoms with Crippen molar-refractivity contribution in [3.63, 3.8) is 0 Å². The van der Waals surface area contributed by atoms with Gasteiger partial charge in [-0.25, -0.2) is 0 Å². The number of nitrogens with one attached hydrogen (secondary N) is 1. The van der Waals surface area contributed by atoms with Gasteiger partial charge in [0.25, 0.3) is 0 Å². The van der Waals surface area contributed by atoms with Crippen LogP contribution >= 0.6 is 8.60 Å². The SMILES string of the molecule is CNC.OP(O)O. The Labute approximate surface area is 43.8 Å². The molecule has 0 amide bonds. The van der Waals surface area contributed by atoms with Crippen molar-refractivity contribution in [1.29, 1.82) is 0 Å². The van der Waals surface area contributed by atoms with E-state index in [1.807, 2.05) is 14.1 Å². The fraction of sp³-hybridized carbons (Fsp3) is 1.00. The maximum atomic E-state index is 7.23.